The van der Waals surface area contributed by atoms with Gasteiger partial charge in [0.2, 0.25) is 0 Å². The molecule has 0 radical (unpaired) electrons. The summed E-state index contributed by atoms with van der Waals surface area (Å²) < 4.78 is 7.61. The van der Waals surface area contributed by atoms with Crippen LogP contribution in [0.5, 0.6) is 0 Å². The maximum absolute atomic E-state index is 12.3. The summed E-state index contributed by atoms with van der Waals surface area (Å²) in [6, 6.07) is 11.5. The summed E-state index contributed by atoms with van der Waals surface area (Å²) in [4.78, 5) is 23.8. The molecule has 1 saturated carbocycles. The Morgan fingerprint density at radius 3 is 2.73 bits per heavy atom. The van der Waals surface area contributed by atoms with Crippen LogP contribution in [0.15, 0.2) is 42.6 Å². The van der Waals surface area contributed by atoms with Gasteiger partial charge in [-0.3, -0.25) is 9.55 Å². The number of fused-ring (bicyclic) bond motifs is 2. The molecule has 7 nitrogen and oxygen atoms in total. The number of hydrogen-bond donors (Lipinski definition) is 1. The van der Waals surface area contributed by atoms with E-state index in [2.05, 4.69) is 20.5 Å². The van der Waals surface area contributed by atoms with E-state index in [-0.39, 0.29) is 5.56 Å². The number of carboxylic acid groups (broad SMARTS) is 1. The molecule has 1 saturated heterocycles. The minimum atomic E-state index is -0.972. The first-order valence-corrected chi connectivity index (χ1v) is 11.6. The van der Waals surface area contributed by atoms with Crippen LogP contribution in [-0.2, 0) is 11.2 Å². The van der Waals surface area contributed by atoms with Crippen LogP contribution in [-0.4, -0.2) is 51.9 Å². The summed E-state index contributed by atoms with van der Waals surface area (Å²) in [6.07, 6.45) is 4.92. The summed E-state index contributed by atoms with van der Waals surface area (Å²) in [5, 5.41) is 11.6. The van der Waals surface area contributed by atoms with Crippen molar-refractivity contribution in [1.29, 1.82) is 0 Å². The monoisotopic (exact) mass is 462 g/mol. The zero-order chi connectivity index (χ0) is 22.5. The van der Waals surface area contributed by atoms with Crippen LogP contribution >= 0.6 is 11.6 Å². The number of rotatable bonds is 5. The van der Waals surface area contributed by atoms with E-state index in [4.69, 9.17) is 21.3 Å². The fourth-order valence-electron chi connectivity index (χ4n) is 4.68. The van der Waals surface area contributed by atoms with Crippen LogP contribution in [0.25, 0.3) is 27.6 Å². The summed E-state index contributed by atoms with van der Waals surface area (Å²) >= 11 is 6.45. The number of aromatic carboxylic acids is 1. The second-order valence-electron chi connectivity index (χ2n) is 8.74. The van der Waals surface area contributed by atoms with Crippen molar-refractivity contribution in [2.75, 3.05) is 31.2 Å². The van der Waals surface area contributed by atoms with Gasteiger partial charge in [-0.05, 0) is 43.0 Å². The highest BCUT2D eigenvalue weighted by molar-refractivity contribution is 6.35. The molecule has 33 heavy (non-hydrogen) atoms. The quantitative estimate of drug-likeness (QED) is 0.462. The SMILES string of the molecule is O=C(O)c1cc(N2CCOCC2)cc2c1nc(CC1CC1)n2-c1ccnc2c(Cl)cccc12. The smallest absolute Gasteiger partial charge is 0.338 e. The maximum atomic E-state index is 12.3. The zero-order valence-electron chi connectivity index (χ0n) is 18.0. The third kappa shape index (κ3) is 3.61. The summed E-state index contributed by atoms with van der Waals surface area (Å²) in [7, 11) is 0. The number of imidazole rings is 1. The predicted molar refractivity (Wildman–Crippen MR) is 128 cm³/mol. The van der Waals surface area contributed by atoms with Gasteiger partial charge in [-0.25, -0.2) is 9.78 Å². The van der Waals surface area contributed by atoms with Crippen molar-refractivity contribution in [3.05, 3.63) is 59.0 Å². The number of para-hydroxylation sites is 1. The van der Waals surface area contributed by atoms with Gasteiger partial charge in [-0.15, -0.1) is 0 Å². The van der Waals surface area contributed by atoms with Crippen LogP contribution in [0.1, 0.15) is 29.0 Å². The first-order chi connectivity index (χ1) is 16.1. The van der Waals surface area contributed by atoms with Gasteiger partial charge in [0.1, 0.15) is 11.3 Å². The molecule has 2 aromatic carbocycles. The second kappa shape index (κ2) is 8.01. The lowest BCUT2D eigenvalue weighted by atomic mass is 10.1. The number of carboxylic acids is 1. The van der Waals surface area contributed by atoms with E-state index in [1.807, 2.05) is 24.3 Å². The molecule has 3 heterocycles. The largest absolute Gasteiger partial charge is 0.478 e. The van der Waals surface area contributed by atoms with E-state index in [1.54, 1.807) is 12.3 Å². The molecule has 2 fully saturated rings. The standard InChI is InChI=1S/C25H23ClN4O3/c26-19-3-1-2-17-20(6-7-27-23(17)19)30-21-14-16(29-8-10-33-11-9-29)13-18(25(31)32)24(21)28-22(30)12-15-4-5-15/h1-3,6-7,13-15H,4-5,8-12H2,(H,31,32). The number of nitrogens with zero attached hydrogens (tertiary/aromatic N) is 4. The Morgan fingerprint density at radius 1 is 1.15 bits per heavy atom. The number of anilines is 1. The molecule has 0 unspecified atom stereocenters. The molecule has 1 N–H and O–H groups in total. The van der Waals surface area contributed by atoms with Crippen LogP contribution in [0.4, 0.5) is 5.69 Å². The van der Waals surface area contributed by atoms with Crippen molar-refractivity contribution in [2.45, 2.75) is 19.3 Å². The van der Waals surface area contributed by atoms with Gasteiger partial charge in [-0.1, -0.05) is 23.7 Å². The lowest BCUT2D eigenvalue weighted by Gasteiger charge is -2.29. The van der Waals surface area contributed by atoms with Gasteiger partial charge in [-0.2, -0.15) is 0 Å². The molecule has 2 aromatic heterocycles. The normalized spacial score (nSPS) is 16.6. The number of carbonyl (C=O) groups is 1. The van der Waals surface area contributed by atoms with E-state index in [1.165, 1.54) is 12.8 Å². The number of halogens is 1. The average Bonchev–Trinajstić information content (AvgIpc) is 3.57. The number of pyridine rings is 1. The van der Waals surface area contributed by atoms with Crippen molar-refractivity contribution >= 4 is 45.2 Å². The lowest BCUT2D eigenvalue weighted by molar-refractivity contribution is 0.0699. The van der Waals surface area contributed by atoms with Crippen LogP contribution in [0, 0.1) is 5.92 Å². The van der Waals surface area contributed by atoms with E-state index in [0.717, 1.165) is 53.1 Å². The Morgan fingerprint density at radius 2 is 1.97 bits per heavy atom. The molecule has 6 rings (SSSR count). The number of hydrogen-bond acceptors (Lipinski definition) is 5. The van der Waals surface area contributed by atoms with Gasteiger partial charge in [0.05, 0.1) is 40.5 Å². The third-order valence-electron chi connectivity index (χ3n) is 6.53. The number of morpholine rings is 1. The van der Waals surface area contributed by atoms with Gasteiger partial charge >= 0.3 is 5.97 Å². The predicted octanol–water partition coefficient (Wildman–Crippen LogP) is 4.71. The Hall–Kier alpha value is -3.16. The average molecular weight is 463 g/mol. The van der Waals surface area contributed by atoms with Gasteiger partial charge in [0.15, 0.2) is 0 Å². The van der Waals surface area contributed by atoms with Crippen LogP contribution < -0.4 is 4.90 Å². The molecule has 8 heteroatoms. The second-order valence-corrected chi connectivity index (χ2v) is 9.15. The molecular weight excluding hydrogens is 440 g/mol. The fourth-order valence-corrected chi connectivity index (χ4v) is 4.91. The first-order valence-electron chi connectivity index (χ1n) is 11.2. The van der Waals surface area contributed by atoms with E-state index < -0.39 is 5.97 Å². The summed E-state index contributed by atoms with van der Waals surface area (Å²) in [6.45, 7) is 2.70. The number of ether oxygens (including phenoxy) is 1. The minimum Gasteiger partial charge on any atom is -0.478 e. The van der Waals surface area contributed by atoms with Crippen LogP contribution in [0.2, 0.25) is 5.02 Å². The number of aromatic nitrogens is 3. The molecule has 0 amide bonds. The summed E-state index contributed by atoms with van der Waals surface area (Å²) in [5.74, 6) is 0.492. The highest BCUT2D eigenvalue weighted by atomic mass is 35.5. The first kappa shape index (κ1) is 20.4. The highest BCUT2D eigenvalue weighted by Crippen LogP contribution is 2.37. The Kier molecular flexibility index (Phi) is 4.96. The van der Waals surface area contributed by atoms with Gasteiger partial charge in [0, 0.05) is 36.8 Å². The molecule has 0 atom stereocenters. The van der Waals surface area contributed by atoms with Crippen molar-refractivity contribution in [1.82, 2.24) is 14.5 Å². The molecule has 1 aliphatic heterocycles. The van der Waals surface area contributed by atoms with E-state index in [9.17, 15) is 9.90 Å². The highest BCUT2D eigenvalue weighted by Gasteiger charge is 2.28. The molecular formula is C25H23ClN4O3. The zero-order valence-corrected chi connectivity index (χ0v) is 18.8. The maximum Gasteiger partial charge on any atom is 0.338 e. The molecule has 1 aliphatic carbocycles. The summed E-state index contributed by atoms with van der Waals surface area (Å²) in [5.41, 5.74) is 4.04. The Balaban J connectivity index is 1.65. The number of benzene rings is 2. The fraction of sp³-hybridized carbons (Fsp3) is 0.320. The van der Waals surface area contributed by atoms with Crippen LogP contribution in [0.3, 0.4) is 0 Å². The van der Waals surface area contributed by atoms with Crippen molar-refractivity contribution < 1.29 is 14.6 Å². The lowest BCUT2D eigenvalue weighted by Crippen LogP contribution is -2.36. The minimum absolute atomic E-state index is 0.223. The molecule has 0 bridgehead atoms. The van der Waals surface area contributed by atoms with Gasteiger partial charge in [0.25, 0.3) is 0 Å². The third-order valence-corrected chi connectivity index (χ3v) is 6.83. The molecule has 0 spiro atoms. The molecule has 2 aliphatic rings. The topological polar surface area (TPSA) is 80.5 Å². The van der Waals surface area contributed by atoms with Crippen molar-refractivity contribution in [2.24, 2.45) is 5.92 Å². The molecule has 4 aromatic rings. The van der Waals surface area contributed by atoms with Crippen molar-refractivity contribution in [3.8, 4) is 5.69 Å². The van der Waals surface area contributed by atoms with E-state index in [0.29, 0.717) is 29.7 Å². The van der Waals surface area contributed by atoms with E-state index >= 15 is 0 Å². The van der Waals surface area contributed by atoms with Crippen molar-refractivity contribution in [3.63, 3.8) is 0 Å². The Bertz CT molecular complexity index is 1390. The van der Waals surface area contributed by atoms with Gasteiger partial charge < -0.3 is 14.7 Å². The Labute approximate surface area is 195 Å². The molecule has 168 valence electrons.